The van der Waals surface area contributed by atoms with Crippen molar-refractivity contribution < 1.29 is 9.21 Å². The number of anilines is 1. The zero-order chi connectivity index (χ0) is 17.9. The highest BCUT2D eigenvalue weighted by Gasteiger charge is 2.16. The Balaban J connectivity index is 1.33. The average molecular weight is 367 g/mol. The highest BCUT2D eigenvalue weighted by atomic mass is 32.1. The predicted molar refractivity (Wildman–Crippen MR) is 102 cm³/mol. The van der Waals surface area contributed by atoms with E-state index in [9.17, 15) is 4.79 Å². The molecule has 2 aromatic heterocycles. The first-order chi connectivity index (χ1) is 12.7. The van der Waals surface area contributed by atoms with Gasteiger partial charge in [0.15, 0.2) is 16.8 Å². The fourth-order valence-corrected chi connectivity index (χ4v) is 4.15. The van der Waals surface area contributed by atoms with E-state index in [2.05, 4.69) is 15.3 Å². The lowest BCUT2D eigenvalue weighted by Crippen LogP contribution is -2.12. The van der Waals surface area contributed by atoms with E-state index < -0.39 is 0 Å². The summed E-state index contributed by atoms with van der Waals surface area (Å²) in [6.45, 7) is 2.05. The third-order valence-corrected chi connectivity index (χ3v) is 5.62. The number of carbonyl (C=O) groups excluding carboxylic acids is 1. The third kappa shape index (κ3) is 3.85. The molecular weight excluding hydrogens is 346 g/mol. The number of thiazole rings is 1. The Morgan fingerprint density at radius 2 is 2.04 bits per heavy atom. The molecule has 2 heterocycles. The summed E-state index contributed by atoms with van der Waals surface area (Å²) in [5.74, 6) is 1.26. The first-order valence-electron chi connectivity index (χ1n) is 8.97. The molecule has 0 saturated heterocycles. The zero-order valence-electron chi connectivity index (χ0n) is 14.7. The fourth-order valence-electron chi connectivity index (χ4n) is 3.08. The fraction of sp³-hybridized carbons (Fsp3) is 0.350. The summed E-state index contributed by atoms with van der Waals surface area (Å²) in [6, 6.07) is 8.10. The van der Waals surface area contributed by atoms with Crippen LogP contribution in [0.15, 0.2) is 34.9 Å². The van der Waals surface area contributed by atoms with Crippen LogP contribution in [-0.4, -0.2) is 15.9 Å². The van der Waals surface area contributed by atoms with Crippen LogP contribution in [0.2, 0.25) is 0 Å². The molecule has 1 amide bonds. The molecule has 0 aliphatic heterocycles. The Bertz CT molecular complexity index is 888. The molecule has 3 aromatic rings. The number of nitrogens with one attached hydrogen (secondary N) is 1. The summed E-state index contributed by atoms with van der Waals surface area (Å²) in [5, 5.41) is 3.63. The molecule has 0 radical (unpaired) electrons. The largest absolute Gasteiger partial charge is 0.441 e. The lowest BCUT2D eigenvalue weighted by molar-refractivity contribution is -0.116. The minimum atomic E-state index is -0.0498. The highest BCUT2D eigenvalue weighted by Crippen LogP contribution is 2.29. The predicted octanol–water partition coefficient (Wildman–Crippen LogP) is 4.56. The van der Waals surface area contributed by atoms with Crippen LogP contribution >= 0.6 is 11.3 Å². The number of rotatable bonds is 5. The highest BCUT2D eigenvalue weighted by molar-refractivity contribution is 7.15. The van der Waals surface area contributed by atoms with Crippen LogP contribution in [0.5, 0.6) is 0 Å². The molecular formula is C20H21N3O2S. The van der Waals surface area contributed by atoms with E-state index in [0.717, 1.165) is 35.0 Å². The molecule has 6 heteroatoms. The van der Waals surface area contributed by atoms with Gasteiger partial charge in [-0.25, -0.2) is 9.97 Å². The van der Waals surface area contributed by atoms with Gasteiger partial charge in [0, 0.05) is 23.3 Å². The van der Waals surface area contributed by atoms with Gasteiger partial charge >= 0.3 is 0 Å². The quantitative estimate of drug-likeness (QED) is 0.718. The molecule has 1 aliphatic rings. The van der Waals surface area contributed by atoms with Crippen molar-refractivity contribution in [1.29, 1.82) is 0 Å². The number of nitrogens with zero attached hydrogens (tertiary/aromatic N) is 2. The molecule has 0 spiro atoms. The molecule has 4 rings (SSSR count). The standard InChI is InChI=1S/C20H21N3O2S/c1-13-6-8-14(9-7-13)16-12-21-19(25-16)11-10-18(24)23-20-22-15-4-2-3-5-17(15)26-20/h6-9,12H,2-5,10-11H2,1H3,(H,22,23,24). The summed E-state index contributed by atoms with van der Waals surface area (Å²) >= 11 is 1.61. The maximum absolute atomic E-state index is 12.2. The summed E-state index contributed by atoms with van der Waals surface area (Å²) in [6.07, 6.45) is 7.04. The number of carbonyl (C=O) groups is 1. The number of fused-ring (bicyclic) bond motifs is 1. The van der Waals surface area contributed by atoms with Gasteiger partial charge in [0.05, 0.1) is 11.9 Å². The molecule has 0 atom stereocenters. The van der Waals surface area contributed by atoms with Crippen LogP contribution in [-0.2, 0) is 24.1 Å². The van der Waals surface area contributed by atoms with Crippen LogP contribution in [0.3, 0.4) is 0 Å². The normalized spacial score (nSPS) is 13.4. The second-order valence-corrected chi connectivity index (χ2v) is 7.71. The SMILES string of the molecule is Cc1ccc(-c2cnc(CCC(=O)Nc3nc4c(s3)CCCC4)o2)cc1. The first-order valence-corrected chi connectivity index (χ1v) is 9.79. The van der Waals surface area contributed by atoms with E-state index in [0.29, 0.717) is 18.7 Å². The molecule has 0 bridgehead atoms. The van der Waals surface area contributed by atoms with Gasteiger partial charge in [0.2, 0.25) is 5.91 Å². The van der Waals surface area contributed by atoms with Gasteiger partial charge in [-0.1, -0.05) is 29.8 Å². The van der Waals surface area contributed by atoms with Gasteiger partial charge in [-0.2, -0.15) is 0 Å². The lowest BCUT2D eigenvalue weighted by Gasteiger charge is -2.06. The summed E-state index contributed by atoms with van der Waals surface area (Å²) < 4.78 is 5.77. The van der Waals surface area contributed by atoms with E-state index >= 15 is 0 Å². The molecule has 1 N–H and O–H groups in total. The number of hydrogen-bond donors (Lipinski definition) is 1. The van der Waals surface area contributed by atoms with Crippen molar-refractivity contribution in [2.24, 2.45) is 0 Å². The number of oxazole rings is 1. The van der Waals surface area contributed by atoms with E-state index in [1.807, 2.05) is 31.2 Å². The Kier molecular flexibility index (Phi) is 4.84. The molecule has 1 aromatic carbocycles. The van der Waals surface area contributed by atoms with Crippen LogP contribution < -0.4 is 5.32 Å². The van der Waals surface area contributed by atoms with Crippen LogP contribution in [0.25, 0.3) is 11.3 Å². The number of amides is 1. The molecule has 5 nitrogen and oxygen atoms in total. The summed E-state index contributed by atoms with van der Waals surface area (Å²) in [5.41, 5.74) is 3.35. The maximum Gasteiger partial charge on any atom is 0.226 e. The minimum absolute atomic E-state index is 0.0498. The van der Waals surface area contributed by atoms with E-state index in [-0.39, 0.29) is 5.91 Å². The molecule has 1 aliphatic carbocycles. The Morgan fingerprint density at radius 1 is 1.23 bits per heavy atom. The molecule has 134 valence electrons. The summed E-state index contributed by atoms with van der Waals surface area (Å²) in [4.78, 5) is 22.4. The topological polar surface area (TPSA) is 68.0 Å². The van der Waals surface area contributed by atoms with Gasteiger partial charge < -0.3 is 9.73 Å². The monoisotopic (exact) mass is 367 g/mol. The van der Waals surface area contributed by atoms with E-state index in [4.69, 9.17) is 4.42 Å². The van der Waals surface area contributed by atoms with Gasteiger partial charge in [-0.3, -0.25) is 4.79 Å². The van der Waals surface area contributed by atoms with Crippen molar-refractivity contribution in [1.82, 2.24) is 9.97 Å². The van der Waals surface area contributed by atoms with Gasteiger partial charge in [0.25, 0.3) is 0 Å². The van der Waals surface area contributed by atoms with Crippen molar-refractivity contribution in [3.63, 3.8) is 0 Å². The van der Waals surface area contributed by atoms with Crippen LogP contribution in [0, 0.1) is 6.92 Å². The van der Waals surface area contributed by atoms with Gasteiger partial charge in [-0.15, -0.1) is 11.3 Å². The summed E-state index contributed by atoms with van der Waals surface area (Å²) in [7, 11) is 0. The first kappa shape index (κ1) is 17.0. The lowest BCUT2D eigenvalue weighted by atomic mass is 10.0. The second kappa shape index (κ2) is 7.41. The number of benzene rings is 1. The Labute approximate surface area is 156 Å². The second-order valence-electron chi connectivity index (χ2n) is 6.63. The number of hydrogen-bond acceptors (Lipinski definition) is 5. The van der Waals surface area contributed by atoms with Crippen molar-refractivity contribution in [3.8, 4) is 11.3 Å². The third-order valence-electron chi connectivity index (χ3n) is 4.55. The average Bonchev–Trinajstić information content (AvgIpc) is 3.27. The Morgan fingerprint density at radius 3 is 2.85 bits per heavy atom. The van der Waals surface area contributed by atoms with Gasteiger partial charge in [0.1, 0.15) is 0 Å². The minimum Gasteiger partial charge on any atom is -0.441 e. The smallest absolute Gasteiger partial charge is 0.226 e. The molecule has 0 unspecified atom stereocenters. The van der Waals surface area contributed by atoms with Gasteiger partial charge in [-0.05, 0) is 32.6 Å². The molecule has 0 fully saturated rings. The number of aromatic nitrogens is 2. The Hall–Kier alpha value is -2.47. The van der Waals surface area contributed by atoms with Crippen LogP contribution in [0.4, 0.5) is 5.13 Å². The van der Waals surface area contributed by atoms with Crippen molar-refractivity contribution in [2.75, 3.05) is 5.32 Å². The van der Waals surface area contributed by atoms with Crippen molar-refractivity contribution >= 4 is 22.4 Å². The van der Waals surface area contributed by atoms with Crippen molar-refractivity contribution in [3.05, 3.63) is 52.5 Å². The molecule has 26 heavy (non-hydrogen) atoms. The maximum atomic E-state index is 12.2. The van der Waals surface area contributed by atoms with E-state index in [1.54, 1.807) is 17.5 Å². The van der Waals surface area contributed by atoms with E-state index in [1.165, 1.54) is 23.3 Å². The molecule has 0 saturated carbocycles. The van der Waals surface area contributed by atoms with Crippen molar-refractivity contribution in [2.45, 2.75) is 45.4 Å². The number of aryl methyl sites for hydroxylation is 4. The van der Waals surface area contributed by atoms with Crippen LogP contribution in [0.1, 0.15) is 41.3 Å². The zero-order valence-corrected chi connectivity index (χ0v) is 15.6.